The molecule has 2 nitrogen and oxygen atoms in total. The minimum atomic E-state index is 0.783. The Morgan fingerprint density at radius 1 is 0.650 bits per heavy atom. The Bertz CT molecular complexity index is 612. The van der Waals surface area contributed by atoms with E-state index in [1.807, 2.05) is 24.3 Å². The second kappa shape index (κ2) is 5.41. The van der Waals surface area contributed by atoms with Crippen LogP contribution in [0.25, 0.3) is 0 Å². The molecule has 100 valence electrons. The first-order valence-corrected chi connectivity index (χ1v) is 6.94. The number of carbonyl (C=O) groups is 2. The molecular formula is C18H16O2. The third-order valence-electron chi connectivity index (χ3n) is 4.04. The van der Waals surface area contributed by atoms with Crippen LogP contribution < -0.4 is 0 Å². The molecule has 0 fully saturated rings. The molecule has 2 aromatic carbocycles. The van der Waals surface area contributed by atoms with Gasteiger partial charge in [0.15, 0.2) is 0 Å². The van der Waals surface area contributed by atoms with Gasteiger partial charge >= 0.3 is 0 Å². The van der Waals surface area contributed by atoms with Gasteiger partial charge in [-0.3, -0.25) is 9.59 Å². The first-order valence-electron chi connectivity index (χ1n) is 6.94. The average molecular weight is 264 g/mol. The van der Waals surface area contributed by atoms with Crippen LogP contribution in [-0.4, -0.2) is 12.6 Å². The number of hydrogen-bond acceptors (Lipinski definition) is 2. The van der Waals surface area contributed by atoms with Crippen LogP contribution in [-0.2, 0) is 25.7 Å². The summed E-state index contributed by atoms with van der Waals surface area (Å²) in [5.74, 6) is 0. The summed E-state index contributed by atoms with van der Waals surface area (Å²) in [5.41, 5.74) is 6.03. The molecule has 0 saturated carbocycles. The lowest BCUT2D eigenvalue weighted by molar-refractivity contribution is 0.111. The first kappa shape index (κ1) is 12.8. The minimum Gasteiger partial charge on any atom is -0.298 e. The summed E-state index contributed by atoms with van der Waals surface area (Å²) in [7, 11) is 0. The first-order chi connectivity index (χ1) is 9.80. The van der Waals surface area contributed by atoms with Crippen molar-refractivity contribution in [3.8, 4) is 0 Å². The molecule has 0 aromatic heterocycles. The van der Waals surface area contributed by atoms with E-state index in [9.17, 15) is 9.59 Å². The van der Waals surface area contributed by atoms with Crippen molar-refractivity contribution < 1.29 is 9.59 Å². The summed E-state index contributed by atoms with van der Waals surface area (Å²) >= 11 is 0. The van der Waals surface area contributed by atoms with E-state index >= 15 is 0 Å². The van der Waals surface area contributed by atoms with Crippen LogP contribution in [0.5, 0.6) is 0 Å². The van der Waals surface area contributed by atoms with Crippen LogP contribution in [0.15, 0.2) is 36.4 Å². The Kier molecular flexibility index (Phi) is 3.46. The molecule has 6 rings (SSSR count). The summed E-state index contributed by atoms with van der Waals surface area (Å²) in [4.78, 5) is 22.4. The van der Waals surface area contributed by atoms with E-state index in [0.29, 0.717) is 0 Å². The maximum Gasteiger partial charge on any atom is 0.150 e. The van der Waals surface area contributed by atoms with Crippen LogP contribution in [0.2, 0.25) is 0 Å². The molecule has 4 aliphatic rings. The number of aldehydes is 2. The smallest absolute Gasteiger partial charge is 0.150 e. The molecule has 2 heteroatoms. The summed E-state index contributed by atoms with van der Waals surface area (Å²) < 4.78 is 0. The van der Waals surface area contributed by atoms with Gasteiger partial charge in [0.25, 0.3) is 0 Å². The molecule has 0 aliphatic heterocycles. The highest BCUT2D eigenvalue weighted by molar-refractivity contribution is 5.79. The molecule has 0 amide bonds. The summed E-state index contributed by atoms with van der Waals surface area (Å²) in [6.45, 7) is 0. The molecule has 4 aliphatic carbocycles. The third kappa shape index (κ3) is 2.42. The zero-order chi connectivity index (χ0) is 13.9. The Morgan fingerprint density at radius 3 is 1.50 bits per heavy atom. The van der Waals surface area contributed by atoms with Gasteiger partial charge in [-0.2, -0.15) is 0 Å². The second-order valence-corrected chi connectivity index (χ2v) is 5.30. The summed E-state index contributed by atoms with van der Waals surface area (Å²) in [6, 6.07) is 12.3. The quantitative estimate of drug-likeness (QED) is 0.781. The predicted octanol–water partition coefficient (Wildman–Crippen LogP) is 3.20. The van der Waals surface area contributed by atoms with Crippen molar-refractivity contribution in [2.45, 2.75) is 25.7 Å². The number of rotatable bonds is 2. The van der Waals surface area contributed by atoms with Gasteiger partial charge in [-0.15, -0.1) is 0 Å². The molecule has 0 unspecified atom stereocenters. The van der Waals surface area contributed by atoms with Crippen molar-refractivity contribution in [1.82, 2.24) is 0 Å². The highest BCUT2D eigenvalue weighted by Crippen LogP contribution is 2.20. The Morgan fingerprint density at radius 2 is 1.10 bits per heavy atom. The third-order valence-corrected chi connectivity index (χ3v) is 4.04. The van der Waals surface area contributed by atoms with E-state index in [2.05, 4.69) is 12.1 Å². The van der Waals surface area contributed by atoms with Crippen LogP contribution in [0.4, 0.5) is 0 Å². The number of aryl methyl sites for hydroxylation is 4. The minimum absolute atomic E-state index is 0.783. The van der Waals surface area contributed by atoms with Gasteiger partial charge in [-0.05, 0) is 60.1 Å². The fourth-order valence-corrected chi connectivity index (χ4v) is 2.83. The van der Waals surface area contributed by atoms with Gasteiger partial charge in [0.05, 0.1) is 0 Å². The highest BCUT2D eigenvalue weighted by atomic mass is 16.1. The Labute approximate surface area is 118 Å². The average Bonchev–Trinajstić information content (AvgIpc) is 2.49. The maximum absolute atomic E-state index is 11.2. The molecule has 0 radical (unpaired) electrons. The second-order valence-electron chi connectivity index (χ2n) is 5.30. The van der Waals surface area contributed by atoms with Gasteiger partial charge in [0, 0.05) is 11.1 Å². The van der Waals surface area contributed by atoms with E-state index in [0.717, 1.165) is 60.5 Å². The fraction of sp³-hybridized carbons (Fsp3) is 0.222. The monoisotopic (exact) mass is 264 g/mol. The molecule has 0 spiro atoms. The Hall–Kier alpha value is -2.22. The molecule has 4 bridgehead atoms. The SMILES string of the molecule is O=Cc1cc2ccc1CCc1ccc(cc1C=O)CC2. The van der Waals surface area contributed by atoms with E-state index in [1.54, 1.807) is 0 Å². The van der Waals surface area contributed by atoms with Gasteiger partial charge in [-0.1, -0.05) is 24.3 Å². The van der Waals surface area contributed by atoms with E-state index in [-0.39, 0.29) is 0 Å². The van der Waals surface area contributed by atoms with Crippen molar-refractivity contribution in [3.05, 3.63) is 69.8 Å². The van der Waals surface area contributed by atoms with Crippen molar-refractivity contribution in [3.63, 3.8) is 0 Å². The lowest BCUT2D eigenvalue weighted by Gasteiger charge is -2.13. The standard InChI is InChI=1S/C18H16O2/c19-11-17-9-13-1-2-14-4-6-16(18(10-14)12-20)8-7-15(17)5-3-13/h3-6,9-12H,1-2,7-8H2. The number of carbonyl (C=O) groups excluding carboxylic acids is 2. The van der Waals surface area contributed by atoms with Crippen molar-refractivity contribution in [2.75, 3.05) is 0 Å². The van der Waals surface area contributed by atoms with E-state index in [1.165, 1.54) is 11.1 Å². The van der Waals surface area contributed by atoms with Crippen LogP contribution in [0.1, 0.15) is 43.0 Å². The van der Waals surface area contributed by atoms with Gasteiger partial charge < -0.3 is 0 Å². The number of hydrogen-bond donors (Lipinski definition) is 0. The maximum atomic E-state index is 11.2. The van der Waals surface area contributed by atoms with Gasteiger partial charge in [0.2, 0.25) is 0 Å². The summed E-state index contributed by atoms with van der Waals surface area (Å²) in [5, 5.41) is 0. The van der Waals surface area contributed by atoms with Gasteiger partial charge in [-0.25, -0.2) is 0 Å². The van der Waals surface area contributed by atoms with Crippen molar-refractivity contribution >= 4 is 12.6 Å². The molecule has 0 N–H and O–H groups in total. The zero-order valence-corrected chi connectivity index (χ0v) is 11.3. The molecule has 0 saturated heterocycles. The normalized spacial score (nSPS) is 13.6. The van der Waals surface area contributed by atoms with Crippen molar-refractivity contribution in [1.29, 1.82) is 0 Å². The fourth-order valence-electron chi connectivity index (χ4n) is 2.83. The predicted molar refractivity (Wildman–Crippen MR) is 78.5 cm³/mol. The van der Waals surface area contributed by atoms with Crippen LogP contribution in [0, 0.1) is 0 Å². The van der Waals surface area contributed by atoms with Crippen molar-refractivity contribution in [2.24, 2.45) is 0 Å². The van der Waals surface area contributed by atoms with Crippen LogP contribution in [0.3, 0.4) is 0 Å². The zero-order valence-electron chi connectivity index (χ0n) is 11.3. The number of benzene rings is 2. The lowest BCUT2D eigenvalue weighted by Crippen LogP contribution is -2.04. The van der Waals surface area contributed by atoms with E-state index in [4.69, 9.17) is 0 Å². The highest BCUT2D eigenvalue weighted by Gasteiger charge is 2.10. The van der Waals surface area contributed by atoms with Gasteiger partial charge in [0.1, 0.15) is 12.6 Å². The van der Waals surface area contributed by atoms with Crippen LogP contribution >= 0.6 is 0 Å². The Balaban J connectivity index is 2.06. The largest absolute Gasteiger partial charge is 0.298 e. The summed E-state index contributed by atoms with van der Waals surface area (Å²) in [6.07, 6.45) is 5.22. The lowest BCUT2D eigenvalue weighted by atomic mass is 9.91. The van der Waals surface area contributed by atoms with E-state index < -0.39 is 0 Å². The molecule has 0 heterocycles. The molecule has 20 heavy (non-hydrogen) atoms. The molecule has 2 aromatic rings. The molecular weight excluding hydrogens is 248 g/mol. The topological polar surface area (TPSA) is 34.1 Å². The molecule has 0 atom stereocenters.